The highest BCUT2D eigenvalue weighted by atomic mass is 32.2. The molecule has 0 bridgehead atoms. The topological polar surface area (TPSA) is 133 Å². The van der Waals surface area contributed by atoms with Crippen molar-refractivity contribution in [1.82, 2.24) is 19.4 Å². The number of amides is 1. The van der Waals surface area contributed by atoms with Crippen molar-refractivity contribution in [3.63, 3.8) is 0 Å². The molecule has 206 valence electrons. The summed E-state index contributed by atoms with van der Waals surface area (Å²) < 4.78 is 66.8. The summed E-state index contributed by atoms with van der Waals surface area (Å²) in [5.74, 6) is -0.260. The highest BCUT2D eigenvalue weighted by molar-refractivity contribution is 7.84. The summed E-state index contributed by atoms with van der Waals surface area (Å²) in [4.78, 5) is 33.5. The number of hydrogen-bond acceptors (Lipinski definition) is 8. The summed E-state index contributed by atoms with van der Waals surface area (Å²) in [5.41, 5.74) is 1.36. The first kappa shape index (κ1) is 28.8. The summed E-state index contributed by atoms with van der Waals surface area (Å²) in [6.45, 7) is 0.101. The van der Waals surface area contributed by atoms with E-state index in [1.54, 1.807) is 24.3 Å². The Morgan fingerprint density at radius 2 is 1.89 bits per heavy atom. The number of rotatable bonds is 11. The van der Waals surface area contributed by atoms with Gasteiger partial charge in [-0.25, -0.2) is 19.1 Å². The fraction of sp³-hybridized carbons (Fsp3) is 0.391. The predicted molar refractivity (Wildman–Crippen MR) is 129 cm³/mol. The molecule has 0 fully saturated rings. The van der Waals surface area contributed by atoms with E-state index in [2.05, 4.69) is 14.7 Å². The van der Waals surface area contributed by atoms with Crippen LogP contribution in [0.1, 0.15) is 11.3 Å². The molecule has 0 saturated heterocycles. The van der Waals surface area contributed by atoms with E-state index >= 15 is 0 Å². The number of hydrogen-bond donors (Lipinski definition) is 1. The van der Waals surface area contributed by atoms with Gasteiger partial charge in [0, 0.05) is 25.4 Å². The Bertz CT molecular complexity index is 1320. The minimum Gasteiger partial charge on any atom is -0.484 e. The number of carbonyl (C=O) groups is 2. The van der Waals surface area contributed by atoms with E-state index in [1.807, 2.05) is 0 Å². The van der Waals surface area contributed by atoms with Crippen molar-refractivity contribution in [3.05, 3.63) is 47.8 Å². The zero-order valence-electron chi connectivity index (χ0n) is 20.4. The Balaban J connectivity index is 1.78. The predicted octanol–water partition coefficient (Wildman–Crippen LogP) is 3.60. The van der Waals surface area contributed by atoms with E-state index in [4.69, 9.17) is 14.6 Å². The number of benzene rings is 1. The smallest absolute Gasteiger partial charge is 0.484 e. The van der Waals surface area contributed by atoms with Gasteiger partial charge in [-0.3, -0.25) is 9.19 Å². The van der Waals surface area contributed by atoms with Crippen LogP contribution < -0.4 is 4.74 Å². The second kappa shape index (κ2) is 12.7. The molecule has 0 spiro atoms. The average Bonchev–Trinajstić information content (AvgIpc) is 3.25. The number of nitrogens with zero attached hydrogens (tertiary/aromatic N) is 4. The van der Waals surface area contributed by atoms with Crippen molar-refractivity contribution < 1.29 is 46.3 Å². The van der Waals surface area contributed by atoms with Gasteiger partial charge in [0.05, 0.1) is 46.5 Å². The molecule has 3 rings (SSSR count). The monoisotopic (exact) mass is 558 g/mol. The van der Waals surface area contributed by atoms with Gasteiger partial charge in [-0.15, -0.1) is 0 Å². The second-order valence-electron chi connectivity index (χ2n) is 7.92. The maximum atomic E-state index is 13.4. The quantitative estimate of drug-likeness (QED) is 0.277. The van der Waals surface area contributed by atoms with Crippen LogP contribution in [0.4, 0.5) is 22.8 Å². The van der Waals surface area contributed by atoms with Gasteiger partial charge < -0.3 is 24.2 Å². The maximum absolute atomic E-state index is 13.4. The zero-order valence-corrected chi connectivity index (χ0v) is 21.3. The largest absolute Gasteiger partial charge is 0.505 e. The van der Waals surface area contributed by atoms with Crippen LogP contribution in [0.15, 0.2) is 41.7 Å². The number of imidazole rings is 1. The third kappa shape index (κ3) is 7.64. The maximum Gasteiger partial charge on any atom is 0.505 e. The van der Waals surface area contributed by atoms with Crippen molar-refractivity contribution in [1.29, 1.82) is 0 Å². The van der Waals surface area contributed by atoms with Crippen molar-refractivity contribution in [2.45, 2.75) is 24.0 Å². The third-order valence-electron chi connectivity index (χ3n) is 5.19. The summed E-state index contributed by atoms with van der Waals surface area (Å²) >= 11 is 0. The molecule has 11 nitrogen and oxygen atoms in total. The minimum atomic E-state index is -4.52. The molecule has 1 N–H and O–H groups in total. The zero-order chi connectivity index (χ0) is 27.9. The fourth-order valence-corrected chi connectivity index (χ4v) is 4.56. The molecule has 0 radical (unpaired) electrons. The summed E-state index contributed by atoms with van der Waals surface area (Å²) in [6, 6.07) is 7.45. The highest BCUT2D eigenvalue weighted by Gasteiger charge is 2.29. The Labute approximate surface area is 217 Å². The number of ether oxygens (including phenoxy) is 3. The van der Waals surface area contributed by atoms with E-state index in [1.165, 1.54) is 35.7 Å². The lowest BCUT2D eigenvalue weighted by atomic mass is 10.2. The SMILES string of the molecule is Cc1c(OCC(F)(F)F)ccnc1C[S@@](=O)c1nc2ccccc2n1C(=O)N(C)CCOCCOC(=O)O. The molecule has 2 aromatic heterocycles. The number of alkyl halides is 3. The molecule has 1 atom stereocenters. The molecular formula is C23H25F3N4O7S. The van der Waals surface area contributed by atoms with Crippen molar-refractivity contribution in [3.8, 4) is 5.75 Å². The van der Waals surface area contributed by atoms with Crippen molar-refractivity contribution >= 4 is 34.0 Å². The number of halogens is 3. The molecule has 2 heterocycles. The van der Waals surface area contributed by atoms with E-state index in [0.717, 1.165) is 0 Å². The first-order chi connectivity index (χ1) is 18.0. The van der Waals surface area contributed by atoms with Crippen LogP contribution in [0.5, 0.6) is 5.75 Å². The molecule has 0 unspecified atom stereocenters. The normalized spacial score (nSPS) is 12.3. The van der Waals surface area contributed by atoms with Crippen LogP contribution in [0, 0.1) is 6.92 Å². The lowest BCUT2D eigenvalue weighted by molar-refractivity contribution is -0.153. The van der Waals surface area contributed by atoms with E-state index in [9.17, 15) is 27.0 Å². The molecule has 0 saturated carbocycles. The molecule has 1 aromatic carbocycles. The Morgan fingerprint density at radius 1 is 1.16 bits per heavy atom. The Morgan fingerprint density at radius 3 is 2.61 bits per heavy atom. The lowest BCUT2D eigenvalue weighted by Gasteiger charge is -2.19. The second-order valence-corrected chi connectivity index (χ2v) is 9.27. The van der Waals surface area contributed by atoms with Crippen LogP contribution in [0.25, 0.3) is 11.0 Å². The molecule has 3 aromatic rings. The molecule has 0 aliphatic heterocycles. The highest BCUT2D eigenvalue weighted by Crippen LogP contribution is 2.26. The Hall–Kier alpha value is -3.72. The fourth-order valence-electron chi connectivity index (χ4n) is 3.31. The molecule has 38 heavy (non-hydrogen) atoms. The summed E-state index contributed by atoms with van der Waals surface area (Å²) in [7, 11) is -0.401. The van der Waals surface area contributed by atoms with E-state index < -0.39 is 35.8 Å². The summed E-state index contributed by atoms with van der Waals surface area (Å²) in [5, 5.41) is 8.40. The van der Waals surface area contributed by atoms with Crippen LogP contribution in [-0.4, -0.2) is 87.1 Å². The van der Waals surface area contributed by atoms with Crippen LogP contribution in [-0.2, 0) is 26.0 Å². The third-order valence-corrected chi connectivity index (χ3v) is 6.41. The van der Waals surface area contributed by atoms with Gasteiger partial charge in [-0.05, 0) is 25.1 Å². The van der Waals surface area contributed by atoms with Crippen molar-refractivity contribution in [2.24, 2.45) is 0 Å². The number of aromatic nitrogens is 3. The Kier molecular flexibility index (Phi) is 9.63. The van der Waals surface area contributed by atoms with Crippen LogP contribution >= 0.6 is 0 Å². The van der Waals surface area contributed by atoms with Gasteiger partial charge in [0.25, 0.3) is 0 Å². The van der Waals surface area contributed by atoms with Gasteiger partial charge in [0.2, 0.25) is 5.16 Å². The number of fused-ring (bicyclic) bond motifs is 1. The first-order valence-corrected chi connectivity index (χ1v) is 12.5. The van der Waals surface area contributed by atoms with Crippen LogP contribution in [0.3, 0.4) is 0 Å². The summed E-state index contributed by atoms with van der Waals surface area (Å²) in [6.07, 6.45) is -4.68. The van der Waals surface area contributed by atoms with Crippen LogP contribution in [0.2, 0.25) is 0 Å². The molecular weight excluding hydrogens is 533 g/mol. The number of pyridine rings is 1. The lowest BCUT2D eigenvalue weighted by Crippen LogP contribution is -2.35. The molecule has 0 aliphatic carbocycles. The number of para-hydroxylation sites is 2. The van der Waals surface area contributed by atoms with E-state index in [-0.39, 0.29) is 48.7 Å². The van der Waals surface area contributed by atoms with Gasteiger partial charge >= 0.3 is 18.4 Å². The number of carbonyl (C=O) groups excluding carboxylic acids is 1. The van der Waals surface area contributed by atoms with E-state index in [0.29, 0.717) is 16.6 Å². The number of likely N-dealkylation sites (N-methyl/N-ethyl adjacent to an activating group) is 1. The molecule has 1 amide bonds. The van der Waals surface area contributed by atoms with Gasteiger partial charge in [-0.1, -0.05) is 12.1 Å². The molecule has 0 aliphatic rings. The minimum absolute atomic E-state index is 0.00963. The van der Waals surface area contributed by atoms with Crippen molar-refractivity contribution in [2.75, 3.05) is 40.0 Å². The molecule has 15 heteroatoms. The first-order valence-electron chi connectivity index (χ1n) is 11.2. The average molecular weight is 559 g/mol. The van der Waals surface area contributed by atoms with Gasteiger partial charge in [0.15, 0.2) is 6.61 Å². The standard InChI is InChI=1S/C23H25F3N4O7S/c1-15-17(27-8-7-19(15)37-14-23(24,25)26)13-38(34)20-28-16-5-3-4-6-18(16)30(20)21(31)29(2)9-10-35-11-12-36-22(32)33/h3-8H,9-14H2,1-2H3,(H,32,33)/t38-/m1/s1. The van der Waals surface area contributed by atoms with Gasteiger partial charge in [0.1, 0.15) is 12.4 Å². The van der Waals surface area contributed by atoms with Gasteiger partial charge in [-0.2, -0.15) is 13.2 Å². The number of carboxylic acid groups (broad SMARTS) is 1.